The number of carbonyl (C=O) groups excluding carboxylic acids is 1. The molecule has 12 heteroatoms. The Morgan fingerprint density at radius 2 is 1.00 bits per heavy atom. The number of rotatable bonds is 22. The molecule has 59 heavy (non-hydrogen) atoms. The zero-order valence-corrected chi connectivity index (χ0v) is 34.6. The minimum absolute atomic E-state index is 0.0776. The monoisotopic (exact) mass is 823 g/mol. The summed E-state index contributed by atoms with van der Waals surface area (Å²) in [6.45, 7) is 2.44. The van der Waals surface area contributed by atoms with Crippen molar-refractivity contribution in [2.45, 2.75) is 82.4 Å². The Bertz CT molecular complexity index is 1990. The van der Waals surface area contributed by atoms with Gasteiger partial charge in [0.15, 0.2) is 5.85 Å². The fourth-order valence-electron chi connectivity index (χ4n) is 7.07. The van der Waals surface area contributed by atoms with E-state index in [-0.39, 0.29) is 38.9 Å². The van der Waals surface area contributed by atoms with Crippen molar-refractivity contribution in [3.05, 3.63) is 179 Å². The van der Waals surface area contributed by atoms with Gasteiger partial charge < -0.3 is 42.8 Å². The molecule has 0 unspecified atom stereocenters. The number of benzene rings is 5. The molecule has 1 aliphatic rings. The number of amides is 1. The number of ether oxygens (including phenoxy) is 6. The van der Waals surface area contributed by atoms with Crippen molar-refractivity contribution >= 4 is 13.5 Å². The van der Waals surface area contributed by atoms with Gasteiger partial charge >= 0.3 is 7.60 Å². The van der Waals surface area contributed by atoms with Gasteiger partial charge in [0, 0.05) is 21.1 Å². The van der Waals surface area contributed by atoms with Gasteiger partial charge in [-0.3, -0.25) is 9.36 Å². The second kappa shape index (κ2) is 22.7. The van der Waals surface area contributed by atoms with Gasteiger partial charge in [-0.1, -0.05) is 152 Å². The van der Waals surface area contributed by atoms with E-state index in [1.165, 1.54) is 21.1 Å². The predicted molar refractivity (Wildman–Crippen MR) is 224 cm³/mol. The zero-order chi connectivity index (χ0) is 41.3. The van der Waals surface area contributed by atoms with Crippen molar-refractivity contribution in [3.8, 4) is 0 Å². The van der Waals surface area contributed by atoms with E-state index in [1.54, 1.807) is 0 Å². The van der Waals surface area contributed by atoms with Gasteiger partial charge in [0.1, 0.15) is 30.5 Å². The Kier molecular flexibility index (Phi) is 17.0. The summed E-state index contributed by atoms with van der Waals surface area (Å²) in [6.07, 6.45) is -4.83. The Balaban J connectivity index is 1.44. The summed E-state index contributed by atoms with van der Waals surface area (Å²) in [4.78, 5) is 13.3. The highest BCUT2D eigenvalue weighted by Crippen LogP contribution is 2.57. The summed E-state index contributed by atoms with van der Waals surface area (Å²) in [5.74, 6) is -1.68. The molecule has 312 valence electrons. The summed E-state index contributed by atoms with van der Waals surface area (Å²) in [6, 6.07) is 47.7. The topological polar surface area (TPSA) is 120 Å². The Morgan fingerprint density at radius 3 is 1.44 bits per heavy atom. The first kappa shape index (κ1) is 44.0. The lowest BCUT2D eigenvalue weighted by molar-refractivity contribution is -0.245. The summed E-state index contributed by atoms with van der Waals surface area (Å²) in [5, 5.41) is 3.13. The first-order chi connectivity index (χ1) is 28.9. The molecule has 11 nitrogen and oxygen atoms in total. The van der Waals surface area contributed by atoms with Crippen LogP contribution in [0.2, 0.25) is 0 Å². The normalized spacial score (nSPS) is 20.4. The van der Waals surface area contributed by atoms with E-state index in [1.807, 2.05) is 152 Å². The highest BCUT2D eigenvalue weighted by Gasteiger charge is 2.58. The molecule has 6 rings (SSSR count). The quantitative estimate of drug-likeness (QED) is 0.0684. The lowest BCUT2D eigenvalue weighted by atomic mass is 9.90. The first-order valence-electron chi connectivity index (χ1n) is 19.7. The van der Waals surface area contributed by atoms with Crippen molar-refractivity contribution in [3.63, 3.8) is 0 Å². The lowest BCUT2D eigenvalue weighted by Crippen LogP contribution is -2.68. The highest BCUT2D eigenvalue weighted by molar-refractivity contribution is 7.54. The molecular formula is C47H54NO10P. The van der Waals surface area contributed by atoms with Crippen molar-refractivity contribution < 1.29 is 46.8 Å². The van der Waals surface area contributed by atoms with Gasteiger partial charge in [-0.15, -0.1) is 0 Å². The van der Waals surface area contributed by atoms with Gasteiger partial charge in [-0.05, 0) is 27.8 Å². The molecule has 0 aliphatic carbocycles. The van der Waals surface area contributed by atoms with Crippen LogP contribution in [0.3, 0.4) is 0 Å². The van der Waals surface area contributed by atoms with E-state index in [0.29, 0.717) is 6.61 Å². The molecular weight excluding hydrogens is 769 g/mol. The van der Waals surface area contributed by atoms with E-state index >= 15 is 0 Å². The second-order valence-electron chi connectivity index (χ2n) is 14.2. The van der Waals surface area contributed by atoms with E-state index in [0.717, 1.165) is 27.8 Å². The molecule has 5 aromatic rings. The van der Waals surface area contributed by atoms with Crippen LogP contribution in [0.1, 0.15) is 34.7 Å². The largest absolute Gasteiger partial charge is 0.374 e. The fraction of sp³-hybridized carbons (Fsp3) is 0.340. The van der Waals surface area contributed by atoms with Gasteiger partial charge in [-0.2, -0.15) is 0 Å². The van der Waals surface area contributed by atoms with E-state index in [2.05, 4.69) is 5.32 Å². The third kappa shape index (κ3) is 12.7. The predicted octanol–water partition coefficient (Wildman–Crippen LogP) is 8.26. The van der Waals surface area contributed by atoms with Gasteiger partial charge in [-0.25, -0.2) is 0 Å². The summed E-state index contributed by atoms with van der Waals surface area (Å²) in [5.41, 5.74) is 4.56. The van der Waals surface area contributed by atoms with Crippen LogP contribution in [-0.4, -0.2) is 69.1 Å². The zero-order valence-electron chi connectivity index (χ0n) is 33.7. The molecule has 5 aromatic carbocycles. The Hall–Kier alpha value is -4.52. The molecule has 0 bridgehead atoms. The van der Waals surface area contributed by atoms with Crippen LogP contribution in [-0.2, 0) is 79.9 Å². The number of carbonyl (C=O) groups is 1. The van der Waals surface area contributed by atoms with E-state index in [4.69, 9.17) is 37.5 Å². The molecule has 0 aromatic heterocycles. The van der Waals surface area contributed by atoms with Crippen LogP contribution in [0, 0.1) is 0 Å². The molecule has 0 saturated carbocycles. The third-order valence-corrected chi connectivity index (χ3v) is 12.1. The average molecular weight is 824 g/mol. The third-order valence-electron chi connectivity index (χ3n) is 10.0. The number of hydrogen-bond donors (Lipinski definition) is 1. The fourth-order valence-corrected chi connectivity index (χ4v) is 8.54. The molecule has 1 N–H and O–H groups in total. The minimum Gasteiger partial charge on any atom is -0.374 e. The SMILES string of the molecule is COP(=O)(OC)[C@@H]1O[C@@H]([C@H](OCc2ccccc2)[C@@H](COCc2ccccc2)OCc2ccccc2)[C@H](NC(C)=O)[C@@H](OCc2ccccc2)[C@@H]1OCc1ccccc1. The summed E-state index contributed by atoms with van der Waals surface area (Å²) < 4.78 is 66.5. The summed E-state index contributed by atoms with van der Waals surface area (Å²) in [7, 11) is -1.49. The standard InChI is InChI=1S/C47H54NO10P/c1-35(49)48-42-44(56-32-39-25-15-7-16-26-39)46(57-33-40-27-17-8-18-28-40)47(59(50,51-2)52-3)58-45(42)43(55-31-38-23-13-6-14-24-38)41(54-30-37-21-11-5-12-22-37)34-53-29-36-19-9-4-10-20-36/h4-28,41-47H,29-34H2,1-3H3,(H,48,49)/t41-,42-,43-,44-,45-,46+,47+/m1/s1. The van der Waals surface area contributed by atoms with Gasteiger partial charge in [0.05, 0.1) is 45.7 Å². The molecule has 7 atom stereocenters. The number of nitrogens with one attached hydrogen (secondary N) is 1. The molecule has 0 spiro atoms. The van der Waals surface area contributed by atoms with Crippen molar-refractivity contribution in [2.24, 2.45) is 0 Å². The second-order valence-corrected chi connectivity index (χ2v) is 16.6. The van der Waals surface area contributed by atoms with Gasteiger partial charge in [0.2, 0.25) is 5.91 Å². The molecule has 1 aliphatic heterocycles. The van der Waals surface area contributed by atoms with Gasteiger partial charge in [0.25, 0.3) is 0 Å². The molecule has 1 fully saturated rings. The lowest BCUT2D eigenvalue weighted by Gasteiger charge is -2.50. The Labute approximate surface area is 347 Å². The Morgan fingerprint density at radius 1 is 0.593 bits per heavy atom. The molecule has 0 radical (unpaired) electrons. The van der Waals surface area contributed by atoms with Crippen LogP contribution >= 0.6 is 7.60 Å². The summed E-state index contributed by atoms with van der Waals surface area (Å²) >= 11 is 0. The van der Waals surface area contributed by atoms with Crippen LogP contribution in [0.25, 0.3) is 0 Å². The highest BCUT2D eigenvalue weighted by atomic mass is 31.2. The van der Waals surface area contributed by atoms with Crippen molar-refractivity contribution in [2.75, 3.05) is 20.8 Å². The van der Waals surface area contributed by atoms with E-state index < -0.39 is 50.0 Å². The molecule has 1 heterocycles. The molecule has 1 amide bonds. The minimum atomic E-state index is -4.10. The average Bonchev–Trinajstić information content (AvgIpc) is 3.28. The number of hydrogen-bond acceptors (Lipinski definition) is 10. The van der Waals surface area contributed by atoms with Crippen LogP contribution in [0.4, 0.5) is 0 Å². The first-order valence-corrected chi connectivity index (χ1v) is 21.4. The van der Waals surface area contributed by atoms with Crippen molar-refractivity contribution in [1.29, 1.82) is 0 Å². The van der Waals surface area contributed by atoms with E-state index in [9.17, 15) is 9.36 Å². The van der Waals surface area contributed by atoms with Crippen LogP contribution in [0.5, 0.6) is 0 Å². The maximum atomic E-state index is 14.7. The van der Waals surface area contributed by atoms with Crippen LogP contribution < -0.4 is 5.32 Å². The maximum Gasteiger partial charge on any atom is 0.361 e. The maximum absolute atomic E-state index is 14.7. The smallest absolute Gasteiger partial charge is 0.361 e. The van der Waals surface area contributed by atoms with Crippen LogP contribution in [0.15, 0.2) is 152 Å². The van der Waals surface area contributed by atoms with Crippen molar-refractivity contribution in [1.82, 2.24) is 5.32 Å². The molecule has 1 saturated heterocycles.